The van der Waals surface area contributed by atoms with Crippen LogP contribution in [0.25, 0.3) is 10.9 Å². The third kappa shape index (κ3) is 3.68. The van der Waals surface area contributed by atoms with Crippen LogP contribution in [-0.2, 0) is 6.18 Å². The van der Waals surface area contributed by atoms with Crippen LogP contribution in [0.5, 0.6) is 0 Å². The molecule has 2 aromatic carbocycles. The van der Waals surface area contributed by atoms with Crippen LogP contribution in [-0.4, -0.2) is 15.7 Å². The molecule has 0 saturated carbocycles. The fourth-order valence-corrected chi connectivity index (χ4v) is 2.21. The fourth-order valence-electron chi connectivity index (χ4n) is 2.21. The van der Waals surface area contributed by atoms with Gasteiger partial charge in [0.1, 0.15) is 0 Å². The average molecular weight is 345 g/mol. The maximum atomic E-state index is 13.0. The zero-order chi connectivity index (χ0) is 18.0. The van der Waals surface area contributed by atoms with Crippen molar-refractivity contribution in [2.45, 2.75) is 13.1 Å². The lowest BCUT2D eigenvalue weighted by Gasteiger charge is -2.10. The lowest BCUT2D eigenvalue weighted by Crippen LogP contribution is -2.13. The predicted octanol–water partition coefficient (Wildman–Crippen LogP) is 4.07. The van der Waals surface area contributed by atoms with Crippen LogP contribution in [0.3, 0.4) is 0 Å². The molecule has 0 fully saturated rings. The van der Waals surface area contributed by atoms with Gasteiger partial charge in [-0.05, 0) is 36.8 Å². The first-order valence-corrected chi connectivity index (χ1v) is 7.35. The molecule has 0 atom stereocenters. The zero-order valence-corrected chi connectivity index (χ0v) is 13.2. The van der Waals surface area contributed by atoms with Gasteiger partial charge < -0.3 is 5.73 Å². The van der Waals surface area contributed by atoms with Gasteiger partial charge in [-0.15, -0.1) is 0 Å². The number of aromatic nitrogens is 2. The van der Waals surface area contributed by atoms with Crippen LogP contribution in [0.1, 0.15) is 18.3 Å². The number of hydrazone groups is 1. The molecule has 1 heterocycles. The number of nitrogen functional groups attached to an aromatic ring is 1. The number of nitrogens with zero attached hydrogens (tertiary/aromatic N) is 3. The molecular formula is C17H14F3N5. The van der Waals surface area contributed by atoms with Crippen molar-refractivity contribution >= 4 is 28.1 Å². The predicted molar refractivity (Wildman–Crippen MR) is 91.2 cm³/mol. The lowest BCUT2D eigenvalue weighted by atomic mass is 10.1. The molecule has 1 aromatic heterocycles. The van der Waals surface area contributed by atoms with Gasteiger partial charge >= 0.3 is 6.18 Å². The molecule has 3 rings (SSSR count). The van der Waals surface area contributed by atoms with Gasteiger partial charge in [0.05, 0.1) is 11.2 Å². The highest BCUT2D eigenvalue weighted by Crippen LogP contribution is 2.30. The second-order valence-corrected chi connectivity index (χ2v) is 5.34. The highest BCUT2D eigenvalue weighted by molar-refractivity contribution is 5.99. The molecule has 25 heavy (non-hydrogen) atoms. The summed E-state index contributed by atoms with van der Waals surface area (Å²) >= 11 is 0. The van der Waals surface area contributed by atoms with E-state index < -0.39 is 12.0 Å². The number of nitrogens with one attached hydrogen (secondary N) is 1. The summed E-state index contributed by atoms with van der Waals surface area (Å²) in [4.78, 5) is 7.14. The van der Waals surface area contributed by atoms with Crippen LogP contribution in [0, 0.1) is 0 Å². The van der Waals surface area contributed by atoms with E-state index in [0.29, 0.717) is 16.8 Å². The maximum absolute atomic E-state index is 13.0. The van der Waals surface area contributed by atoms with E-state index in [9.17, 15) is 13.2 Å². The Kier molecular flexibility index (Phi) is 4.26. The minimum absolute atomic E-state index is 0.00674. The Bertz CT molecular complexity index is 933. The topological polar surface area (TPSA) is 76.2 Å². The summed E-state index contributed by atoms with van der Waals surface area (Å²) in [5, 5.41) is 4.58. The van der Waals surface area contributed by atoms with Gasteiger partial charge in [0.25, 0.3) is 0 Å². The second-order valence-electron chi connectivity index (χ2n) is 5.34. The number of rotatable bonds is 3. The van der Waals surface area contributed by atoms with Crippen molar-refractivity contribution in [2.75, 3.05) is 11.2 Å². The number of benzene rings is 2. The van der Waals surface area contributed by atoms with Crippen LogP contribution in [0.4, 0.5) is 24.7 Å². The SMILES string of the molecule is C/C(=N/Nc1nc(C(F)(F)F)nc2ccccc12)c1ccc(N)cc1. The molecule has 8 heteroatoms. The number of nitrogens with two attached hydrogens (primary N) is 1. The van der Waals surface area contributed by atoms with Crippen molar-refractivity contribution in [2.24, 2.45) is 5.10 Å². The summed E-state index contributed by atoms with van der Waals surface area (Å²) in [6.07, 6.45) is -4.64. The van der Waals surface area contributed by atoms with Crippen molar-refractivity contribution in [3.63, 3.8) is 0 Å². The molecule has 0 aliphatic rings. The van der Waals surface area contributed by atoms with E-state index >= 15 is 0 Å². The maximum Gasteiger partial charge on any atom is 0.451 e. The summed E-state index contributed by atoms with van der Waals surface area (Å²) < 4.78 is 39.0. The number of fused-ring (bicyclic) bond motifs is 1. The number of hydrogen-bond donors (Lipinski definition) is 2. The third-order valence-electron chi connectivity index (χ3n) is 3.51. The number of alkyl halides is 3. The van der Waals surface area contributed by atoms with Gasteiger partial charge in [-0.2, -0.15) is 18.3 Å². The van der Waals surface area contributed by atoms with E-state index in [4.69, 9.17) is 5.73 Å². The van der Waals surface area contributed by atoms with Crippen LogP contribution >= 0.6 is 0 Å². The number of halogens is 3. The van der Waals surface area contributed by atoms with Gasteiger partial charge in [-0.3, -0.25) is 5.43 Å². The normalized spacial score (nSPS) is 12.4. The first-order valence-electron chi connectivity index (χ1n) is 7.35. The van der Waals surface area contributed by atoms with Gasteiger partial charge in [0.15, 0.2) is 5.82 Å². The van der Waals surface area contributed by atoms with E-state index in [0.717, 1.165) is 5.56 Å². The minimum atomic E-state index is -4.64. The second kappa shape index (κ2) is 6.39. The largest absolute Gasteiger partial charge is 0.451 e. The third-order valence-corrected chi connectivity index (χ3v) is 3.51. The molecule has 0 radical (unpaired) electrons. The highest BCUT2D eigenvalue weighted by Gasteiger charge is 2.35. The monoisotopic (exact) mass is 345 g/mol. The molecule has 0 aliphatic carbocycles. The van der Waals surface area contributed by atoms with Crippen molar-refractivity contribution in [3.8, 4) is 0 Å². The molecule has 3 aromatic rings. The van der Waals surface area contributed by atoms with E-state index in [-0.39, 0.29) is 11.3 Å². The quantitative estimate of drug-likeness (QED) is 0.426. The fraction of sp³-hybridized carbons (Fsp3) is 0.118. The number of hydrogen-bond acceptors (Lipinski definition) is 5. The Morgan fingerprint density at radius 3 is 2.40 bits per heavy atom. The van der Waals surface area contributed by atoms with E-state index in [1.54, 1.807) is 49.4 Å². The van der Waals surface area contributed by atoms with Crippen LogP contribution in [0.15, 0.2) is 53.6 Å². The van der Waals surface area contributed by atoms with Gasteiger partial charge in [0, 0.05) is 11.1 Å². The van der Waals surface area contributed by atoms with Crippen LogP contribution in [0.2, 0.25) is 0 Å². The summed E-state index contributed by atoms with van der Waals surface area (Å²) in [6.45, 7) is 1.73. The van der Waals surface area contributed by atoms with Gasteiger partial charge in [-0.1, -0.05) is 24.3 Å². The Labute approximate surface area is 141 Å². The molecule has 0 aliphatic heterocycles. The van der Waals surface area contributed by atoms with Crippen molar-refractivity contribution in [1.29, 1.82) is 0 Å². The Balaban J connectivity index is 2.00. The van der Waals surface area contributed by atoms with E-state index in [2.05, 4.69) is 20.5 Å². The molecule has 3 N–H and O–H groups in total. The first-order chi connectivity index (χ1) is 11.8. The number of anilines is 2. The minimum Gasteiger partial charge on any atom is -0.399 e. The van der Waals surface area contributed by atoms with Crippen LogP contribution < -0.4 is 11.2 Å². The van der Waals surface area contributed by atoms with Gasteiger partial charge in [0.2, 0.25) is 5.82 Å². The molecular weight excluding hydrogens is 331 g/mol. The first kappa shape index (κ1) is 16.7. The van der Waals surface area contributed by atoms with Crippen molar-refractivity contribution in [3.05, 3.63) is 59.9 Å². The zero-order valence-electron chi connectivity index (χ0n) is 13.2. The summed E-state index contributed by atoms with van der Waals surface area (Å²) in [6, 6.07) is 13.4. The summed E-state index contributed by atoms with van der Waals surface area (Å²) in [5.41, 5.74) is 10.4. The Morgan fingerprint density at radius 2 is 1.72 bits per heavy atom. The van der Waals surface area contributed by atoms with E-state index in [1.807, 2.05) is 0 Å². The number of para-hydroxylation sites is 1. The molecule has 5 nitrogen and oxygen atoms in total. The molecule has 0 unspecified atom stereocenters. The van der Waals surface area contributed by atoms with E-state index in [1.165, 1.54) is 6.07 Å². The molecule has 128 valence electrons. The smallest absolute Gasteiger partial charge is 0.399 e. The standard InChI is InChI=1S/C17H14F3N5/c1-10(11-6-8-12(21)9-7-11)24-25-15-13-4-2-3-5-14(13)22-16(23-15)17(18,19)20/h2-9H,21H2,1H3,(H,22,23,25)/b24-10-. The van der Waals surface area contributed by atoms with Crippen molar-refractivity contribution in [1.82, 2.24) is 9.97 Å². The molecule has 0 spiro atoms. The Hall–Kier alpha value is -3.16. The molecule has 0 bridgehead atoms. The Morgan fingerprint density at radius 1 is 1.04 bits per heavy atom. The highest BCUT2D eigenvalue weighted by atomic mass is 19.4. The molecule has 0 amide bonds. The lowest BCUT2D eigenvalue weighted by molar-refractivity contribution is -0.144. The summed E-state index contributed by atoms with van der Waals surface area (Å²) in [7, 11) is 0. The van der Waals surface area contributed by atoms with Gasteiger partial charge in [-0.25, -0.2) is 9.97 Å². The summed E-state index contributed by atoms with van der Waals surface area (Å²) in [5.74, 6) is -1.22. The average Bonchev–Trinajstić information content (AvgIpc) is 2.59. The molecule has 0 saturated heterocycles. The van der Waals surface area contributed by atoms with Crippen molar-refractivity contribution < 1.29 is 13.2 Å².